The molecule has 0 spiro atoms. The number of aromatic nitrogens is 1. The number of aromatic carboxylic acids is 1. The number of carbonyl (C=O) groups is 2. The van der Waals surface area contributed by atoms with Crippen LogP contribution < -0.4 is 0 Å². The summed E-state index contributed by atoms with van der Waals surface area (Å²) in [5.41, 5.74) is 3.49. The van der Waals surface area contributed by atoms with Crippen LogP contribution in [0.15, 0.2) is 36.4 Å². The third kappa shape index (κ3) is 3.55. The highest BCUT2D eigenvalue weighted by Gasteiger charge is 2.26. The number of carboxylic acid groups (broad SMARTS) is 1. The molecule has 1 aliphatic heterocycles. The summed E-state index contributed by atoms with van der Waals surface area (Å²) in [7, 11) is 0. The minimum Gasteiger partial charge on any atom is -0.478 e. The molecule has 5 heteroatoms. The Balaban J connectivity index is 1.69. The fourth-order valence-corrected chi connectivity index (χ4v) is 3.51. The molecule has 1 saturated heterocycles. The van der Waals surface area contributed by atoms with Gasteiger partial charge < -0.3 is 10.0 Å². The Morgan fingerprint density at radius 2 is 1.76 bits per heavy atom. The fourth-order valence-electron chi connectivity index (χ4n) is 3.51. The summed E-state index contributed by atoms with van der Waals surface area (Å²) in [6.45, 7) is 5.13. The summed E-state index contributed by atoms with van der Waals surface area (Å²) in [5.74, 6) is -0.666. The van der Waals surface area contributed by atoms with Crippen LogP contribution in [0.3, 0.4) is 0 Å². The monoisotopic (exact) mass is 338 g/mol. The number of carbonyl (C=O) groups excluding carboxylic acids is 1. The predicted octanol–water partition coefficient (Wildman–Crippen LogP) is 3.42. The first-order valence-electron chi connectivity index (χ1n) is 8.53. The van der Waals surface area contributed by atoms with Crippen LogP contribution in [0.2, 0.25) is 0 Å². The number of pyridine rings is 1. The number of rotatable bonds is 3. The molecule has 5 nitrogen and oxygen atoms in total. The van der Waals surface area contributed by atoms with Gasteiger partial charge in [0.2, 0.25) is 0 Å². The van der Waals surface area contributed by atoms with Gasteiger partial charge in [-0.15, -0.1) is 0 Å². The summed E-state index contributed by atoms with van der Waals surface area (Å²) in [5, 5.41) is 9.07. The number of hydrogen-bond donors (Lipinski definition) is 1. The van der Waals surface area contributed by atoms with E-state index in [4.69, 9.17) is 5.11 Å². The lowest BCUT2D eigenvalue weighted by Crippen LogP contribution is -2.38. The van der Waals surface area contributed by atoms with E-state index in [9.17, 15) is 9.59 Å². The molecule has 130 valence electrons. The number of carboxylic acids is 1. The Kier molecular flexibility index (Phi) is 4.83. The molecule has 2 aromatic rings. The third-order valence-electron chi connectivity index (χ3n) is 4.95. The quantitative estimate of drug-likeness (QED) is 0.931. The van der Waals surface area contributed by atoms with E-state index >= 15 is 0 Å². The number of aryl methyl sites for hydroxylation is 2. The molecule has 25 heavy (non-hydrogen) atoms. The Bertz CT molecular complexity index is 808. The molecule has 1 aromatic carbocycles. The van der Waals surface area contributed by atoms with Gasteiger partial charge in [0, 0.05) is 13.1 Å². The van der Waals surface area contributed by atoms with Crippen molar-refractivity contribution in [2.75, 3.05) is 13.1 Å². The molecule has 0 radical (unpaired) electrons. The number of likely N-dealkylation sites (tertiary alicyclic amines) is 1. The van der Waals surface area contributed by atoms with Gasteiger partial charge in [0.15, 0.2) is 0 Å². The lowest BCUT2D eigenvalue weighted by molar-refractivity contribution is 0.0684. The van der Waals surface area contributed by atoms with E-state index in [-0.39, 0.29) is 11.5 Å². The third-order valence-corrected chi connectivity index (χ3v) is 4.95. The minimum absolute atomic E-state index is 0.122. The summed E-state index contributed by atoms with van der Waals surface area (Å²) in [6, 6.07) is 11.4. The van der Waals surface area contributed by atoms with Crippen LogP contribution in [0.4, 0.5) is 0 Å². The van der Waals surface area contributed by atoms with E-state index < -0.39 is 5.97 Å². The molecule has 0 unspecified atom stereocenters. The molecule has 3 rings (SSSR count). The van der Waals surface area contributed by atoms with E-state index in [2.05, 4.69) is 30.1 Å². The highest BCUT2D eigenvalue weighted by Crippen LogP contribution is 2.30. The van der Waals surface area contributed by atoms with Crippen LogP contribution in [0.5, 0.6) is 0 Å². The van der Waals surface area contributed by atoms with E-state index in [1.807, 2.05) is 11.0 Å². The smallest absolute Gasteiger partial charge is 0.337 e. The van der Waals surface area contributed by atoms with Crippen molar-refractivity contribution in [3.8, 4) is 0 Å². The van der Waals surface area contributed by atoms with Crippen molar-refractivity contribution in [1.82, 2.24) is 9.88 Å². The number of hydrogen-bond acceptors (Lipinski definition) is 3. The van der Waals surface area contributed by atoms with Crippen LogP contribution >= 0.6 is 0 Å². The SMILES string of the molecule is Cc1ccccc1C1CCN(C(=O)c2ccc(C(=O)O)c(C)n2)CC1. The van der Waals surface area contributed by atoms with Gasteiger partial charge in [-0.05, 0) is 55.9 Å². The molecule has 1 aromatic heterocycles. The predicted molar refractivity (Wildman–Crippen MR) is 95.0 cm³/mol. The lowest BCUT2D eigenvalue weighted by Gasteiger charge is -2.32. The molecule has 1 N–H and O–H groups in total. The second-order valence-electron chi connectivity index (χ2n) is 6.56. The normalized spacial score (nSPS) is 15.2. The first-order chi connectivity index (χ1) is 12.0. The number of piperidine rings is 1. The molecular formula is C20H22N2O3. The number of benzene rings is 1. The van der Waals surface area contributed by atoms with Crippen LogP contribution in [-0.2, 0) is 0 Å². The zero-order valence-electron chi connectivity index (χ0n) is 14.5. The largest absolute Gasteiger partial charge is 0.478 e. The standard InChI is InChI=1S/C20H22N2O3/c1-13-5-3-4-6-16(13)15-9-11-22(12-10-15)19(23)18-8-7-17(20(24)25)14(2)21-18/h3-8,15H,9-12H2,1-2H3,(H,24,25). The Morgan fingerprint density at radius 1 is 1.08 bits per heavy atom. The van der Waals surface area contributed by atoms with Gasteiger partial charge in [-0.2, -0.15) is 0 Å². The van der Waals surface area contributed by atoms with Crippen molar-refractivity contribution in [2.24, 2.45) is 0 Å². The topological polar surface area (TPSA) is 70.5 Å². The van der Waals surface area contributed by atoms with Crippen molar-refractivity contribution in [3.05, 3.63) is 64.5 Å². The zero-order chi connectivity index (χ0) is 18.0. The molecule has 1 amide bonds. The number of amides is 1. The zero-order valence-corrected chi connectivity index (χ0v) is 14.5. The maximum Gasteiger partial charge on any atom is 0.337 e. The second kappa shape index (κ2) is 7.05. The van der Waals surface area contributed by atoms with Crippen molar-refractivity contribution >= 4 is 11.9 Å². The van der Waals surface area contributed by atoms with Crippen LogP contribution in [-0.4, -0.2) is 40.0 Å². The summed E-state index contributed by atoms with van der Waals surface area (Å²) < 4.78 is 0. The molecule has 1 fully saturated rings. The van der Waals surface area contributed by atoms with Gasteiger partial charge in [-0.3, -0.25) is 4.79 Å². The molecule has 0 aliphatic carbocycles. The molecule has 1 aliphatic rings. The van der Waals surface area contributed by atoms with E-state index in [1.165, 1.54) is 23.3 Å². The number of nitrogens with zero attached hydrogens (tertiary/aromatic N) is 2. The molecule has 2 heterocycles. The Hall–Kier alpha value is -2.69. The first-order valence-corrected chi connectivity index (χ1v) is 8.53. The first kappa shape index (κ1) is 17.1. The van der Waals surface area contributed by atoms with Gasteiger partial charge in [0.1, 0.15) is 5.69 Å². The maximum atomic E-state index is 12.7. The van der Waals surface area contributed by atoms with Crippen LogP contribution in [0, 0.1) is 13.8 Å². The summed E-state index contributed by atoms with van der Waals surface area (Å²) >= 11 is 0. The van der Waals surface area contributed by atoms with E-state index in [0.717, 1.165) is 12.8 Å². The van der Waals surface area contributed by atoms with Gasteiger partial charge in [0.25, 0.3) is 5.91 Å². The fraction of sp³-hybridized carbons (Fsp3) is 0.350. The van der Waals surface area contributed by atoms with Gasteiger partial charge in [0.05, 0.1) is 11.3 Å². The van der Waals surface area contributed by atoms with E-state index in [0.29, 0.717) is 30.4 Å². The summed E-state index contributed by atoms with van der Waals surface area (Å²) in [6.07, 6.45) is 1.87. The average molecular weight is 338 g/mol. The van der Waals surface area contributed by atoms with Crippen molar-refractivity contribution in [2.45, 2.75) is 32.6 Å². The molecule has 0 saturated carbocycles. The maximum absolute atomic E-state index is 12.7. The van der Waals surface area contributed by atoms with Gasteiger partial charge in [-0.1, -0.05) is 24.3 Å². The van der Waals surface area contributed by atoms with Gasteiger partial charge >= 0.3 is 5.97 Å². The van der Waals surface area contributed by atoms with Crippen molar-refractivity contribution < 1.29 is 14.7 Å². The lowest BCUT2D eigenvalue weighted by atomic mass is 9.87. The van der Waals surface area contributed by atoms with Crippen LogP contribution in [0.25, 0.3) is 0 Å². The van der Waals surface area contributed by atoms with Crippen molar-refractivity contribution in [1.29, 1.82) is 0 Å². The molecular weight excluding hydrogens is 316 g/mol. The van der Waals surface area contributed by atoms with Gasteiger partial charge in [-0.25, -0.2) is 9.78 Å². The average Bonchev–Trinajstić information content (AvgIpc) is 2.61. The minimum atomic E-state index is -1.02. The highest BCUT2D eigenvalue weighted by molar-refractivity contribution is 5.94. The highest BCUT2D eigenvalue weighted by atomic mass is 16.4. The Labute approximate surface area is 147 Å². The Morgan fingerprint density at radius 3 is 2.36 bits per heavy atom. The molecule has 0 atom stereocenters. The van der Waals surface area contributed by atoms with E-state index in [1.54, 1.807) is 6.92 Å². The van der Waals surface area contributed by atoms with Crippen molar-refractivity contribution in [3.63, 3.8) is 0 Å². The molecule has 0 bridgehead atoms. The second-order valence-corrected chi connectivity index (χ2v) is 6.56. The van der Waals surface area contributed by atoms with Crippen LogP contribution in [0.1, 0.15) is 56.4 Å². The summed E-state index contributed by atoms with van der Waals surface area (Å²) in [4.78, 5) is 29.7.